The van der Waals surface area contributed by atoms with Gasteiger partial charge in [-0.05, 0) is 30.4 Å². The van der Waals surface area contributed by atoms with Gasteiger partial charge in [-0.25, -0.2) is 0 Å². The van der Waals surface area contributed by atoms with E-state index in [9.17, 15) is 24.1 Å². The fourth-order valence-corrected chi connectivity index (χ4v) is 4.03. The van der Waals surface area contributed by atoms with Crippen LogP contribution in [0.25, 0.3) is 0 Å². The smallest absolute Gasteiger partial charge is 0.306 e. The molecule has 1 aliphatic carbocycles. The summed E-state index contributed by atoms with van der Waals surface area (Å²) in [4.78, 5) is 36.4. The highest BCUT2D eigenvalue weighted by molar-refractivity contribution is 6.00. The lowest BCUT2D eigenvalue weighted by Gasteiger charge is -2.35. The number of nitro groups is 1. The minimum Gasteiger partial charge on any atom is -0.353 e. The Hall–Kier alpha value is -2.51. The predicted molar refractivity (Wildman–Crippen MR) is 97.6 cm³/mol. The summed E-state index contributed by atoms with van der Waals surface area (Å²) in [6, 6.07) is 3.44. The summed E-state index contributed by atoms with van der Waals surface area (Å²) < 4.78 is 13.5. The first-order valence-corrected chi connectivity index (χ1v) is 9.32. The fourth-order valence-electron chi connectivity index (χ4n) is 4.03. The molecule has 8 heteroatoms. The molecule has 1 saturated heterocycles. The number of benzene rings is 1. The number of anilines is 1. The standard InChI is InChI=1S/C19H24FN3O4/c1-11-4-3-5-16(12(11)2)21-19(25)13-8-18(24)22(10-13)14-6-7-15(20)17(9-14)23(26)27/h6-7,9,11-13,16H,3-5,8,10H2,1-2H3,(H,21,25). The summed E-state index contributed by atoms with van der Waals surface area (Å²) in [6.07, 6.45) is 3.22. The molecule has 1 aromatic rings. The average Bonchev–Trinajstić information content (AvgIpc) is 3.01. The summed E-state index contributed by atoms with van der Waals surface area (Å²) in [5.74, 6) is -0.980. The van der Waals surface area contributed by atoms with E-state index >= 15 is 0 Å². The molecule has 2 amide bonds. The topological polar surface area (TPSA) is 92.6 Å². The molecule has 27 heavy (non-hydrogen) atoms. The van der Waals surface area contributed by atoms with E-state index in [0.717, 1.165) is 31.4 Å². The van der Waals surface area contributed by atoms with Gasteiger partial charge in [-0.2, -0.15) is 4.39 Å². The zero-order valence-corrected chi connectivity index (χ0v) is 15.5. The van der Waals surface area contributed by atoms with Crippen molar-refractivity contribution in [2.75, 3.05) is 11.4 Å². The molecule has 4 atom stereocenters. The number of hydrogen-bond donors (Lipinski definition) is 1. The summed E-state index contributed by atoms with van der Waals surface area (Å²) in [7, 11) is 0. The molecule has 3 rings (SSSR count). The largest absolute Gasteiger partial charge is 0.353 e. The lowest BCUT2D eigenvalue weighted by Crippen LogP contribution is -2.46. The van der Waals surface area contributed by atoms with Crippen molar-refractivity contribution in [3.63, 3.8) is 0 Å². The molecule has 146 valence electrons. The molecular weight excluding hydrogens is 353 g/mol. The van der Waals surface area contributed by atoms with Gasteiger partial charge in [0.15, 0.2) is 0 Å². The van der Waals surface area contributed by atoms with E-state index in [1.165, 1.54) is 11.0 Å². The maximum atomic E-state index is 13.5. The molecule has 1 heterocycles. The zero-order valence-electron chi connectivity index (χ0n) is 15.5. The van der Waals surface area contributed by atoms with Gasteiger partial charge < -0.3 is 10.2 Å². The second kappa shape index (κ2) is 7.62. The molecule has 1 aromatic carbocycles. The van der Waals surface area contributed by atoms with Crippen molar-refractivity contribution >= 4 is 23.2 Å². The quantitative estimate of drug-likeness (QED) is 0.645. The van der Waals surface area contributed by atoms with Gasteiger partial charge in [0.1, 0.15) is 0 Å². The Balaban J connectivity index is 1.69. The van der Waals surface area contributed by atoms with Gasteiger partial charge in [0.05, 0.1) is 16.5 Å². The van der Waals surface area contributed by atoms with Crippen LogP contribution >= 0.6 is 0 Å². The molecule has 1 saturated carbocycles. The molecule has 2 aliphatic rings. The van der Waals surface area contributed by atoms with Gasteiger partial charge >= 0.3 is 5.69 Å². The van der Waals surface area contributed by atoms with Gasteiger partial charge in [-0.1, -0.05) is 26.7 Å². The maximum absolute atomic E-state index is 13.5. The van der Waals surface area contributed by atoms with Crippen molar-refractivity contribution in [3.05, 3.63) is 34.1 Å². The van der Waals surface area contributed by atoms with Crippen LogP contribution in [-0.4, -0.2) is 29.3 Å². The molecule has 0 bridgehead atoms. The number of amides is 2. The van der Waals surface area contributed by atoms with E-state index in [1.54, 1.807) is 0 Å². The van der Waals surface area contributed by atoms with Gasteiger partial charge in [-0.15, -0.1) is 0 Å². The van der Waals surface area contributed by atoms with E-state index < -0.39 is 22.3 Å². The van der Waals surface area contributed by atoms with Gasteiger partial charge in [-0.3, -0.25) is 19.7 Å². The van der Waals surface area contributed by atoms with E-state index in [1.807, 2.05) is 0 Å². The molecule has 4 unspecified atom stereocenters. The highest BCUT2D eigenvalue weighted by Gasteiger charge is 2.38. The SMILES string of the molecule is CC1CCCC(NC(=O)C2CC(=O)N(c3ccc(F)c([N+](=O)[O-])c3)C2)C1C. The first kappa shape index (κ1) is 19.3. The third-order valence-corrected chi connectivity index (χ3v) is 5.97. The molecular formula is C19H24FN3O4. The van der Waals surface area contributed by atoms with Crippen LogP contribution in [0.4, 0.5) is 15.8 Å². The summed E-state index contributed by atoms with van der Waals surface area (Å²) in [5.41, 5.74) is -0.443. The van der Waals surface area contributed by atoms with Gasteiger partial charge in [0.2, 0.25) is 17.6 Å². The highest BCUT2D eigenvalue weighted by Crippen LogP contribution is 2.32. The van der Waals surface area contributed by atoms with E-state index in [0.29, 0.717) is 11.8 Å². The summed E-state index contributed by atoms with van der Waals surface area (Å²) in [6.45, 7) is 4.47. The second-order valence-electron chi connectivity index (χ2n) is 7.68. The Bertz CT molecular complexity index is 769. The van der Waals surface area contributed by atoms with Crippen LogP contribution in [0.15, 0.2) is 18.2 Å². The number of nitrogens with one attached hydrogen (secondary N) is 1. The number of nitrogens with zero attached hydrogens (tertiary/aromatic N) is 2. The number of hydrogen-bond acceptors (Lipinski definition) is 4. The van der Waals surface area contributed by atoms with Crippen LogP contribution in [0.1, 0.15) is 39.5 Å². The number of rotatable bonds is 4. The van der Waals surface area contributed by atoms with Crippen molar-refractivity contribution in [3.8, 4) is 0 Å². The Labute approximate surface area is 157 Å². The van der Waals surface area contributed by atoms with Crippen LogP contribution in [0, 0.1) is 33.7 Å². The molecule has 1 N–H and O–H groups in total. The maximum Gasteiger partial charge on any atom is 0.306 e. The van der Waals surface area contributed by atoms with Crippen molar-refractivity contribution in [1.82, 2.24) is 5.32 Å². The highest BCUT2D eigenvalue weighted by atomic mass is 19.1. The molecule has 2 fully saturated rings. The van der Waals surface area contributed by atoms with Crippen molar-refractivity contribution < 1.29 is 18.9 Å². The molecule has 0 spiro atoms. The van der Waals surface area contributed by atoms with Crippen LogP contribution in [0.3, 0.4) is 0 Å². The van der Waals surface area contributed by atoms with E-state index in [2.05, 4.69) is 19.2 Å². The number of halogens is 1. The Morgan fingerprint density at radius 2 is 2.07 bits per heavy atom. The van der Waals surface area contributed by atoms with E-state index in [-0.39, 0.29) is 36.5 Å². The Morgan fingerprint density at radius 1 is 1.33 bits per heavy atom. The lowest BCUT2D eigenvalue weighted by atomic mass is 9.78. The number of nitro benzene ring substituents is 1. The fraction of sp³-hybridized carbons (Fsp3) is 0.579. The summed E-state index contributed by atoms with van der Waals surface area (Å²) in [5, 5.41) is 14.0. The van der Waals surface area contributed by atoms with Crippen LogP contribution in [0.2, 0.25) is 0 Å². The molecule has 0 radical (unpaired) electrons. The number of carbonyl (C=O) groups is 2. The molecule has 7 nitrogen and oxygen atoms in total. The second-order valence-corrected chi connectivity index (χ2v) is 7.68. The van der Waals surface area contributed by atoms with E-state index in [4.69, 9.17) is 0 Å². The lowest BCUT2D eigenvalue weighted by molar-refractivity contribution is -0.387. The Kier molecular flexibility index (Phi) is 5.43. The third-order valence-electron chi connectivity index (χ3n) is 5.97. The minimum absolute atomic E-state index is 0.0493. The zero-order chi connectivity index (χ0) is 19.7. The molecule has 1 aliphatic heterocycles. The van der Waals surface area contributed by atoms with Gasteiger partial charge in [0.25, 0.3) is 0 Å². The van der Waals surface area contributed by atoms with Crippen molar-refractivity contribution in [2.45, 2.75) is 45.6 Å². The molecule has 0 aromatic heterocycles. The normalized spacial score (nSPS) is 28.3. The van der Waals surface area contributed by atoms with Crippen LogP contribution in [0.5, 0.6) is 0 Å². The third kappa shape index (κ3) is 3.94. The van der Waals surface area contributed by atoms with Crippen LogP contribution < -0.4 is 10.2 Å². The monoisotopic (exact) mass is 377 g/mol. The number of carbonyl (C=O) groups excluding carboxylic acids is 2. The van der Waals surface area contributed by atoms with Crippen LogP contribution in [-0.2, 0) is 9.59 Å². The summed E-state index contributed by atoms with van der Waals surface area (Å²) >= 11 is 0. The van der Waals surface area contributed by atoms with Crippen molar-refractivity contribution in [1.29, 1.82) is 0 Å². The average molecular weight is 377 g/mol. The first-order valence-electron chi connectivity index (χ1n) is 9.32. The first-order chi connectivity index (χ1) is 12.8. The Morgan fingerprint density at radius 3 is 2.78 bits per heavy atom. The minimum atomic E-state index is -0.954. The van der Waals surface area contributed by atoms with Gasteiger partial charge in [0, 0.05) is 25.1 Å². The predicted octanol–water partition coefficient (Wildman–Crippen LogP) is 3.03. The van der Waals surface area contributed by atoms with Crippen molar-refractivity contribution in [2.24, 2.45) is 17.8 Å².